The molecule has 11 aromatic rings. The topological polar surface area (TPSA) is 45.9 Å². The quantitative estimate of drug-likeness (QED) is 0.167. The van der Waals surface area contributed by atoms with E-state index in [4.69, 9.17) is 13.3 Å². The molecule has 0 aliphatic carbocycles. The van der Waals surface area contributed by atoms with Crippen LogP contribution in [0.25, 0.3) is 65.8 Å². The number of fused-ring (bicyclic) bond motifs is 11. The summed E-state index contributed by atoms with van der Waals surface area (Å²) in [5.41, 5.74) is 15.6. The summed E-state index contributed by atoms with van der Waals surface area (Å²) < 4.78 is 21.3. The van der Waals surface area contributed by atoms with Crippen molar-refractivity contribution in [2.45, 2.75) is 66.2 Å². The molecule has 0 fully saturated rings. The van der Waals surface area contributed by atoms with Crippen LogP contribution in [-0.4, -0.2) is 0 Å². The predicted octanol–water partition coefficient (Wildman–Crippen LogP) is 17.5. The van der Waals surface area contributed by atoms with Crippen LogP contribution in [0.15, 0.2) is 171 Å². The van der Waals surface area contributed by atoms with Crippen LogP contribution in [-0.2, 0) is 10.8 Å². The van der Waals surface area contributed by atoms with E-state index in [0.717, 1.165) is 99.9 Å². The summed E-state index contributed by atoms with van der Waals surface area (Å²) in [5, 5.41) is 5.95. The van der Waals surface area contributed by atoms with Crippen LogP contribution >= 0.6 is 0 Å². The Balaban J connectivity index is 1.26. The minimum Gasteiger partial charge on any atom is -0.456 e. The minimum absolute atomic E-state index is 0.0114. The van der Waals surface area contributed by atoms with E-state index < -0.39 is 0 Å². The number of rotatable bonds is 6. The summed E-state index contributed by atoms with van der Waals surface area (Å²) in [4.78, 5) is 4.66. The predicted molar refractivity (Wildman–Crippen MR) is 265 cm³/mol. The van der Waals surface area contributed by atoms with E-state index in [-0.39, 0.29) is 10.8 Å². The Morgan fingerprint density at radius 1 is 0.349 bits per heavy atom. The number of anilines is 6. The fourth-order valence-corrected chi connectivity index (χ4v) is 9.43. The van der Waals surface area contributed by atoms with Gasteiger partial charge in [0.2, 0.25) is 0 Å². The Morgan fingerprint density at radius 2 is 0.810 bits per heavy atom. The molecule has 0 aliphatic rings. The third-order valence-corrected chi connectivity index (χ3v) is 12.6. The van der Waals surface area contributed by atoms with Crippen LogP contribution in [0.1, 0.15) is 63.8 Å². The largest absolute Gasteiger partial charge is 0.456 e. The molecule has 5 heteroatoms. The molecule has 3 heterocycles. The zero-order valence-corrected chi connectivity index (χ0v) is 37.1. The van der Waals surface area contributed by atoms with Gasteiger partial charge in [-0.15, -0.1) is 0 Å². The van der Waals surface area contributed by atoms with Crippen molar-refractivity contribution in [2.75, 3.05) is 9.80 Å². The molecule has 3 aromatic heterocycles. The highest BCUT2D eigenvalue weighted by molar-refractivity contribution is 6.35. The lowest BCUT2D eigenvalue weighted by Gasteiger charge is -2.28. The first-order valence-corrected chi connectivity index (χ1v) is 21.9. The van der Waals surface area contributed by atoms with Gasteiger partial charge < -0.3 is 23.1 Å². The van der Waals surface area contributed by atoms with Gasteiger partial charge in [0.1, 0.15) is 27.9 Å². The Bertz CT molecular complexity index is 3550. The summed E-state index contributed by atoms with van der Waals surface area (Å²) in [5.74, 6) is 0. The zero-order chi connectivity index (χ0) is 43.4. The maximum Gasteiger partial charge on any atom is 0.160 e. The first-order chi connectivity index (χ1) is 30.3. The monoisotopic (exact) mass is 822 g/mol. The van der Waals surface area contributed by atoms with Crippen molar-refractivity contribution in [3.63, 3.8) is 0 Å². The highest BCUT2D eigenvalue weighted by atomic mass is 16.3. The maximum absolute atomic E-state index is 7.23. The normalized spacial score (nSPS) is 12.4. The lowest BCUT2D eigenvalue weighted by molar-refractivity contribution is 0.590. The molecule has 0 atom stereocenters. The van der Waals surface area contributed by atoms with Crippen LogP contribution in [0.3, 0.4) is 0 Å². The molecule has 0 amide bonds. The second-order valence-corrected chi connectivity index (χ2v) is 19.2. The van der Waals surface area contributed by atoms with Crippen molar-refractivity contribution in [3.8, 4) is 0 Å². The van der Waals surface area contributed by atoms with Crippen molar-refractivity contribution in [1.29, 1.82) is 0 Å². The van der Waals surface area contributed by atoms with Gasteiger partial charge in [0.25, 0.3) is 0 Å². The van der Waals surface area contributed by atoms with Crippen LogP contribution in [0.2, 0.25) is 0 Å². The summed E-state index contributed by atoms with van der Waals surface area (Å²) >= 11 is 0. The van der Waals surface area contributed by atoms with E-state index >= 15 is 0 Å². The molecule has 0 spiro atoms. The minimum atomic E-state index is 0.0114. The Morgan fingerprint density at radius 3 is 1.33 bits per heavy atom. The molecule has 310 valence electrons. The van der Waals surface area contributed by atoms with E-state index in [2.05, 4.69) is 211 Å². The van der Waals surface area contributed by atoms with Gasteiger partial charge in [-0.1, -0.05) is 126 Å². The molecule has 11 rings (SSSR count). The Hall–Kier alpha value is -7.24. The molecular formula is C58H50N2O3. The van der Waals surface area contributed by atoms with E-state index in [9.17, 15) is 0 Å². The lowest BCUT2D eigenvalue weighted by atomic mass is 9.87. The van der Waals surface area contributed by atoms with Gasteiger partial charge in [-0.25, -0.2) is 0 Å². The van der Waals surface area contributed by atoms with Gasteiger partial charge in [0.05, 0.1) is 22.1 Å². The summed E-state index contributed by atoms with van der Waals surface area (Å²) in [6, 6.07) is 56.3. The average Bonchev–Trinajstić information content (AvgIpc) is 3.95. The van der Waals surface area contributed by atoms with Gasteiger partial charge in [-0.05, 0) is 108 Å². The summed E-state index contributed by atoms with van der Waals surface area (Å²) in [6.45, 7) is 17.8. The number of aryl methyl sites for hydroxylation is 2. The molecule has 5 nitrogen and oxygen atoms in total. The fraction of sp³-hybridized carbons (Fsp3) is 0.172. The Labute approximate surface area is 367 Å². The van der Waals surface area contributed by atoms with Crippen LogP contribution in [0.5, 0.6) is 0 Å². The fourth-order valence-electron chi connectivity index (χ4n) is 9.43. The second kappa shape index (κ2) is 14.1. The first-order valence-electron chi connectivity index (χ1n) is 21.9. The van der Waals surface area contributed by atoms with Crippen LogP contribution < -0.4 is 9.80 Å². The van der Waals surface area contributed by atoms with Gasteiger partial charge in [0, 0.05) is 56.4 Å². The third kappa shape index (κ3) is 6.36. The molecule has 0 bridgehead atoms. The molecule has 0 aliphatic heterocycles. The van der Waals surface area contributed by atoms with Crippen molar-refractivity contribution in [2.24, 2.45) is 0 Å². The van der Waals surface area contributed by atoms with E-state index in [1.54, 1.807) is 0 Å². The molecule has 63 heavy (non-hydrogen) atoms. The van der Waals surface area contributed by atoms with Crippen LogP contribution in [0, 0.1) is 13.8 Å². The molecule has 0 N–H and O–H groups in total. The number of hydrogen-bond acceptors (Lipinski definition) is 5. The molecule has 0 saturated carbocycles. The van der Waals surface area contributed by atoms with Gasteiger partial charge >= 0.3 is 0 Å². The smallest absolute Gasteiger partial charge is 0.160 e. The highest BCUT2D eigenvalue weighted by Gasteiger charge is 2.30. The zero-order valence-electron chi connectivity index (χ0n) is 37.1. The number of furan rings is 3. The van der Waals surface area contributed by atoms with E-state index in [0.29, 0.717) is 0 Å². The lowest BCUT2D eigenvalue weighted by Crippen LogP contribution is -2.13. The van der Waals surface area contributed by atoms with E-state index in [1.807, 2.05) is 12.1 Å². The molecule has 0 radical (unpaired) electrons. The average molecular weight is 823 g/mol. The molecular weight excluding hydrogens is 773 g/mol. The van der Waals surface area contributed by atoms with Crippen molar-refractivity contribution < 1.29 is 13.3 Å². The van der Waals surface area contributed by atoms with Crippen LogP contribution in [0.4, 0.5) is 34.1 Å². The number of hydrogen-bond donors (Lipinski definition) is 0. The van der Waals surface area contributed by atoms with Crippen molar-refractivity contribution in [3.05, 3.63) is 180 Å². The maximum atomic E-state index is 7.23. The SMILES string of the molecule is Cc1cccc(N(c2ccc(C(C)(C)C)cc2)c2cc3oc4cc(N(c5ccc(C(C)(C)C)cc5)c5cccc(C)c5)c5c6ccccc6oc5c4c3c3c2oc2ccccc23)c1. The summed E-state index contributed by atoms with van der Waals surface area (Å²) in [6.07, 6.45) is 0. The van der Waals surface area contributed by atoms with Gasteiger partial charge in [-0.3, -0.25) is 0 Å². The second-order valence-electron chi connectivity index (χ2n) is 19.2. The molecule has 8 aromatic carbocycles. The molecule has 0 saturated heterocycles. The number of para-hydroxylation sites is 2. The highest BCUT2D eigenvalue weighted by Crippen LogP contribution is 2.53. The van der Waals surface area contributed by atoms with Crippen molar-refractivity contribution in [1.82, 2.24) is 0 Å². The first kappa shape index (κ1) is 38.7. The Kier molecular flexibility index (Phi) is 8.68. The van der Waals surface area contributed by atoms with Gasteiger partial charge in [-0.2, -0.15) is 0 Å². The van der Waals surface area contributed by atoms with Crippen molar-refractivity contribution >= 4 is 99.9 Å². The third-order valence-electron chi connectivity index (χ3n) is 12.6. The van der Waals surface area contributed by atoms with E-state index in [1.165, 1.54) is 22.3 Å². The van der Waals surface area contributed by atoms with Gasteiger partial charge in [0.15, 0.2) is 5.58 Å². The molecule has 0 unspecified atom stereocenters. The summed E-state index contributed by atoms with van der Waals surface area (Å²) in [7, 11) is 0. The number of benzene rings is 8. The standard InChI is InChI=1S/C58H50N2O3/c1-35-15-13-17-41(31-35)59(39-27-23-37(24-28-39)57(3,4)5)45-33-50-54(56-51(45)43-19-9-11-21-47(43)63-56)53-49(61-50)34-46(55-52(53)44-20-10-12-22-48(44)62-55)60(42-18-14-16-36(2)32-42)40-29-25-38(26-30-40)58(6,7)8/h9-34H,1-8H3. The number of nitrogens with zero attached hydrogens (tertiary/aromatic N) is 2.